The Morgan fingerprint density at radius 2 is 1.33 bits per heavy atom. The number of hydrogen-bond acceptors (Lipinski definition) is 21. The standard InChI is InChI=1S/C50H49N15O15S/c1-12-27-48-61-30(16-79-48)41(72)54-21(5)39(70)65-35(50(10,11)77)45(76)57-23(7)47-64-33(25(9)80-47)44(75)55-20(4)38(69)56-22(6)46-60-29(15-78-46)34-26(49-62-31(17-81-49)42(73)63-32(24(8)66)43(74)59-27)13-14-28(58-34)40(71)53-19(3)37(68)52-18(2)36(51)67/h12-17,24,32,35,66,77H,2-7H2,1,8-11H3,(H2,51,67)(H,52,68)(H,53,71)(H,54,72)(H,55,75)(H,56,69)(H,57,76)(H,59,74)(H,63,73)(H,65,70)/b27-12-/t24-,32+,35+/m1/s1. The van der Waals surface area contributed by atoms with E-state index in [2.05, 4.69) is 112 Å². The molecule has 420 valence electrons. The lowest BCUT2D eigenvalue weighted by Gasteiger charge is -2.29. The first-order chi connectivity index (χ1) is 38.0. The van der Waals surface area contributed by atoms with Gasteiger partial charge in [-0.15, -0.1) is 11.3 Å². The fourth-order valence-electron chi connectivity index (χ4n) is 6.66. The van der Waals surface area contributed by atoms with Crippen molar-refractivity contribution in [2.45, 2.75) is 58.4 Å². The van der Waals surface area contributed by atoms with Gasteiger partial charge < -0.3 is 77.0 Å². The highest BCUT2D eigenvalue weighted by molar-refractivity contribution is 7.13. The normalized spacial score (nSPS) is 17.3. The molecule has 6 rings (SSSR count). The number of rotatable bonds is 7. The Morgan fingerprint density at radius 1 is 0.716 bits per heavy atom. The van der Waals surface area contributed by atoms with Gasteiger partial charge in [0.15, 0.2) is 11.4 Å². The van der Waals surface area contributed by atoms with Gasteiger partial charge in [0.2, 0.25) is 29.5 Å². The number of oxazole rings is 3. The average molecular weight is 1130 g/mol. The molecule has 0 saturated heterocycles. The zero-order valence-corrected chi connectivity index (χ0v) is 44.2. The van der Waals surface area contributed by atoms with E-state index in [0.717, 1.165) is 23.9 Å². The summed E-state index contributed by atoms with van der Waals surface area (Å²) in [6.45, 7) is 27.7. The van der Waals surface area contributed by atoms with E-state index in [1.54, 1.807) is 0 Å². The minimum Gasteiger partial charge on any atom is -0.443 e. The molecule has 1 aliphatic rings. The van der Waals surface area contributed by atoms with Crippen molar-refractivity contribution in [2.24, 2.45) is 5.73 Å². The van der Waals surface area contributed by atoms with Crippen molar-refractivity contribution < 1.29 is 71.4 Å². The number of pyridine rings is 1. The van der Waals surface area contributed by atoms with Crippen molar-refractivity contribution in [1.29, 1.82) is 0 Å². The smallest absolute Gasteiger partial charge is 0.278 e. The van der Waals surface area contributed by atoms with Crippen molar-refractivity contribution in [3.63, 3.8) is 0 Å². The van der Waals surface area contributed by atoms with Gasteiger partial charge in [0, 0.05) is 10.9 Å². The summed E-state index contributed by atoms with van der Waals surface area (Å²) in [7, 11) is 0. The third kappa shape index (κ3) is 14.0. The van der Waals surface area contributed by atoms with Crippen LogP contribution >= 0.6 is 11.3 Å². The van der Waals surface area contributed by atoms with Crippen LogP contribution < -0.4 is 53.6 Å². The Labute approximate surface area is 460 Å². The van der Waals surface area contributed by atoms with Crippen LogP contribution in [-0.4, -0.2) is 118 Å². The summed E-state index contributed by atoms with van der Waals surface area (Å²) in [5, 5.41) is 43.5. The van der Waals surface area contributed by atoms with E-state index >= 15 is 0 Å². The summed E-state index contributed by atoms with van der Waals surface area (Å²) in [5.41, 5.74) is -1.59. The van der Waals surface area contributed by atoms with Gasteiger partial charge in [-0.3, -0.25) is 47.9 Å². The van der Waals surface area contributed by atoms with Crippen LogP contribution in [0.15, 0.2) is 112 Å². The topological polar surface area (TPSA) is 449 Å². The van der Waals surface area contributed by atoms with E-state index in [0.29, 0.717) is 0 Å². The van der Waals surface area contributed by atoms with Crippen molar-refractivity contribution in [3.05, 3.63) is 145 Å². The summed E-state index contributed by atoms with van der Waals surface area (Å²) in [6, 6.07) is -0.900. The molecule has 6 heterocycles. The maximum Gasteiger partial charge on any atom is 0.278 e. The summed E-state index contributed by atoms with van der Waals surface area (Å²) in [6.07, 6.45) is 1.68. The molecule has 81 heavy (non-hydrogen) atoms. The van der Waals surface area contributed by atoms with Gasteiger partial charge in [-0.2, -0.15) is 0 Å². The van der Waals surface area contributed by atoms with Gasteiger partial charge in [0.05, 0.1) is 51.6 Å². The Morgan fingerprint density at radius 3 is 1.99 bits per heavy atom. The molecule has 8 bridgehead atoms. The fourth-order valence-corrected chi connectivity index (χ4v) is 7.48. The molecule has 0 unspecified atom stereocenters. The van der Waals surface area contributed by atoms with Gasteiger partial charge in [0.25, 0.3) is 47.3 Å². The van der Waals surface area contributed by atoms with Crippen molar-refractivity contribution in [1.82, 2.24) is 72.8 Å². The van der Waals surface area contributed by atoms with E-state index in [1.165, 1.54) is 58.2 Å². The number of primary amides is 1. The molecule has 0 spiro atoms. The molecule has 5 aromatic rings. The molecule has 0 radical (unpaired) electrons. The lowest BCUT2D eigenvalue weighted by Crippen LogP contribution is -2.58. The van der Waals surface area contributed by atoms with Gasteiger partial charge >= 0.3 is 0 Å². The first-order valence-electron chi connectivity index (χ1n) is 23.1. The molecular formula is C50H49N15O15S. The number of aromatic nitrogens is 5. The molecule has 5 aromatic heterocycles. The first kappa shape index (κ1) is 59.5. The first-order valence-corrected chi connectivity index (χ1v) is 24.0. The Kier molecular flexibility index (Phi) is 17.8. The number of nitrogens with zero attached hydrogens (tertiary/aromatic N) is 5. The molecule has 1 aliphatic heterocycles. The van der Waals surface area contributed by atoms with E-state index in [9.17, 15) is 58.2 Å². The molecule has 0 aromatic carbocycles. The monoisotopic (exact) mass is 1130 g/mol. The van der Waals surface area contributed by atoms with Gasteiger partial charge in [-0.05, 0) is 46.8 Å². The highest BCUT2D eigenvalue weighted by Gasteiger charge is 2.37. The Bertz CT molecular complexity index is 3610. The number of carbonyl (C=O) groups excluding carboxylic acids is 10. The molecule has 0 aliphatic carbocycles. The molecule has 0 saturated carbocycles. The predicted octanol–water partition coefficient (Wildman–Crippen LogP) is -0.210. The number of aliphatic hydroxyl groups is 2. The maximum atomic E-state index is 13.8. The Hall–Kier alpha value is -10.8. The van der Waals surface area contributed by atoms with Crippen LogP contribution in [0.4, 0.5) is 0 Å². The molecular weight excluding hydrogens is 1080 g/mol. The Balaban J connectivity index is 1.36. The number of nitrogens with two attached hydrogens (primary N) is 1. The zero-order chi connectivity index (χ0) is 59.9. The molecule has 31 heteroatoms. The number of amides is 10. The van der Waals surface area contributed by atoms with Crippen LogP contribution in [0.3, 0.4) is 0 Å². The minimum absolute atomic E-state index is 0.0591. The lowest BCUT2D eigenvalue weighted by molar-refractivity contribution is -0.132. The number of aliphatic hydroxyl groups excluding tert-OH is 1. The predicted molar refractivity (Wildman–Crippen MR) is 282 cm³/mol. The van der Waals surface area contributed by atoms with Crippen molar-refractivity contribution in [3.8, 4) is 22.0 Å². The number of fused-ring (bicyclic) bond motifs is 11. The molecule has 30 nitrogen and oxygen atoms in total. The zero-order valence-electron chi connectivity index (χ0n) is 43.4. The van der Waals surface area contributed by atoms with Crippen molar-refractivity contribution in [2.75, 3.05) is 0 Å². The summed E-state index contributed by atoms with van der Waals surface area (Å²) in [4.78, 5) is 153. The third-order valence-corrected chi connectivity index (χ3v) is 11.8. The van der Waals surface area contributed by atoms with Crippen LogP contribution in [0.25, 0.3) is 39.1 Å². The molecule has 3 atom stereocenters. The highest BCUT2D eigenvalue weighted by Crippen LogP contribution is 2.33. The van der Waals surface area contributed by atoms with Crippen molar-refractivity contribution >= 4 is 87.5 Å². The number of nitrogens with one attached hydrogen (secondary N) is 9. The van der Waals surface area contributed by atoms with Crippen LogP contribution in [0.2, 0.25) is 0 Å². The summed E-state index contributed by atoms with van der Waals surface area (Å²) < 4.78 is 16.6. The summed E-state index contributed by atoms with van der Waals surface area (Å²) >= 11 is 0.882. The molecule has 0 fully saturated rings. The second-order valence-corrected chi connectivity index (χ2v) is 18.4. The second kappa shape index (κ2) is 24.3. The van der Waals surface area contributed by atoms with E-state index in [-0.39, 0.29) is 68.0 Å². The average Bonchev–Trinajstić information content (AvgIpc) is 4.26. The van der Waals surface area contributed by atoms with E-state index in [4.69, 9.17) is 19.0 Å². The number of carbonyl (C=O) groups is 10. The lowest BCUT2D eigenvalue weighted by atomic mass is 9.97. The number of allylic oxidation sites excluding steroid dienone is 1. The number of aryl methyl sites for hydroxylation is 1. The maximum absolute atomic E-state index is 13.8. The van der Waals surface area contributed by atoms with Gasteiger partial charge in [0.1, 0.15) is 58.2 Å². The number of hydrogen-bond donors (Lipinski definition) is 12. The summed E-state index contributed by atoms with van der Waals surface area (Å²) in [5.74, 6) is -11.7. The molecule has 13 N–H and O–H groups in total. The van der Waals surface area contributed by atoms with Crippen LogP contribution in [0, 0.1) is 6.92 Å². The molecule has 10 amide bonds. The van der Waals surface area contributed by atoms with Crippen LogP contribution in [-0.2, 0) is 28.8 Å². The van der Waals surface area contributed by atoms with Gasteiger partial charge in [-0.25, -0.2) is 24.9 Å². The highest BCUT2D eigenvalue weighted by atomic mass is 32.1. The second-order valence-electron chi connectivity index (χ2n) is 17.6. The SMILES string of the molecule is C=C(NC(=O)C(=C)NC(=O)c1ccc2c(n1)-c1coc(n1)C(=C)NC(=O)C(=C)NC(=O)c1nc(oc1C)C(=C)NC(=O)[C@@H](C(C)(C)O)NC(=O)C(=C)NC(=O)c1coc(n1)/C(=C/C)NC(=O)[C@H]([C@@H](C)O)NC(=O)c1csc-2n1)C(N)=O. The van der Waals surface area contributed by atoms with Crippen LogP contribution in [0.5, 0.6) is 0 Å². The minimum atomic E-state index is -1.99. The number of thiazole rings is 1. The third-order valence-electron chi connectivity index (χ3n) is 10.9. The van der Waals surface area contributed by atoms with Gasteiger partial charge in [-0.1, -0.05) is 45.5 Å². The fraction of sp³-hybridized carbons (Fsp3) is 0.180. The largest absolute Gasteiger partial charge is 0.443 e. The van der Waals surface area contributed by atoms with E-state index < -0.39 is 123 Å². The quantitative estimate of drug-likeness (QED) is 0.0938. The van der Waals surface area contributed by atoms with E-state index in [1.807, 2.05) is 0 Å². The van der Waals surface area contributed by atoms with Crippen LogP contribution in [0.1, 0.15) is 93.1 Å².